The zero-order chi connectivity index (χ0) is 27.0. The highest BCUT2D eigenvalue weighted by Crippen LogP contribution is 2.38. The fraction of sp³-hybridized carbons (Fsp3) is 0.464. The maximum Gasteiger partial charge on any atom is 0.387 e. The van der Waals surface area contributed by atoms with Crippen molar-refractivity contribution >= 4 is 22.4 Å². The number of fused-ring (bicyclic) bond motifs is 1. The largest absolute Gasteiger partial charge is 0.432 e. The summed E-state index contributed by atoms with van der Waals surface area (Å²) < 4.78 is 45.7. The van der Waals surface area contributed by atoms with Crippen molar-refractivity contribution in [2.24, 2.45) is 13.0 Å². The molecule has 3 aromatic rings. The smallest absolute Gasteiger partial charge is 0.387 e. The summed E-state index contributed by atoms with van der Waals surface area (Å²) in [6.07, 6.45) is 5.65. The minimum Gasteiger partial charge on any atom is -0.432 e. The third kappa shape index (κ3) is 5.28. The van der Waals surface area contributed by atoms with Gasteiger partial charge >= 0.3 is 6.61 Å². The van der Waals surface area contributed by atoms with E-state index in [1.165, 1.54) is 16.7 Å². The van der Waals surface area contributed by atoms with Crippen molar-refractivity contribution in [3.63, 3.8) is 0 Å². The number of anilines is 2. The standard InChI is InChI=1S/C28H30F3N5O2/c1-34(24-14-26(37)35(2)23-12-5-18(15-32)33-27(23)24)19-6-8-20(9-7-19)36(16-17-3-4-17)21-10-11-22(29)25(13-21)38-28(30)31/h5,10-14,17,19-20,28H,3-4,6-9,16H2,1-2H3/t19-,20+. The molecule has 5 rings (SSSR count). The van der Waals surface area contributed by atoms with Crippen LogP contribution in [0.5, 0.6) is 5.75 Å². The third-order valence-electron chi connectivity index (χ3n) is 7.83. The summed E-state index contributed by atoms with van der Waals surface area (Å²) >= 11 is 0. The summed E-state index contributed by atoms with van der Waals surface area (Å²) in [6, 6.07) is 11.5. The second-order valence-corrected chi connectivity index (χ2v) is 10.3. The fourth-order valence-electron chi connectivity index (χ4n) is 5.50. The molecule has 38 heavy (non-hydrogen) atoms. The summed E-state index contributed by atoms with van der Waals surface area (Å²) in [5.41, 5.74) is 2.82. The highest BCUT2D eigenvalue weighted by molar-refractivity contribution is 5.88. The summed E-state index contributed by atoms with van der Waals surface area (Å²) in [6.45, 7) is -2.29. The molecule has 0 saturated heterocycles. The topological polar surface area (TPSA) is 74.4 Å². The molecule has 200 valence electrons. The first-order valence-electron chi connectivity index (χ1n) is 12.9. The number of nitrogens with zero attached hydrogens (tertiary/aromatic N) is 5. The summed E-state index contributed by atoms with van der Waals surface area (Å²) in [7, 11) is 3.64. The van der Waals surface area contributed by atoms with Gasteiger partial charge in [-0.15, -0.1) is 0 Å². The molecule has 7 nitrogen and oxygen atoms in total. The van der Waals surface area contributed by atoms with E-state index in [9.17, 15) is 23.2 Å². The van der Waals surface area contributed by atoms with E-state index >= 15 is 0 Å². The van der Waals surface area contributed by atoms with Crippen LogP contribution >= 0.6 is 0 Å². The molecule has 0 radical (unpaired) electrons. The van der Waals surface area contributed by atoms with Gasteiger partial charge in [0.1, 0.15) is 17.3 Å². The Bertz CT molecular complexity index is 1420. The lowest BCUT2D eigenvalue weighted by Crippen LogP contribution is -2.44. The van der Waals surface area contributed by atoms with E-state index in [0.717, 1.165) is 45.1 Å². The van der Waals surface area contributed by atoms with Crippen molar-refractivity contribution in [2.45, 2.75) is 57.2 Å². The number of aryl methyl sites for hydroxylation is 1. The van der Waals surface area contributed by atoms with E-state index in [-0.39, 0.29) is 17.6 Å². The Labute approximate surface area is 219 Å². The SMILES string of the molecule is Cn1c(=O)cc(N(C)[C@H]2CC[C@@H](N(CC3CC3)c3ccc(F)c(OC(F)F)c3)CC2)c2nc(C#N)ccc21. The first-order chi connectivity index (χ1) is 18.2. The normalized spacial score (nSPS) is 19.4. The van der Waals surface area contributed by atoms with Crippen molar-refractivity contribution < 1.29 is 17.9 Å². The molecule has 0 spiro atoms. The molecule has 2 fully saturated rings. The van der Waals surface area contributed by atoms with Crippen LogP contribution in [0.1, 0.15) is 44.2 Å². The fourth-order valence-corrected chi connectivity index (χ4v) is 5.50. The number of alkyl halides is 2. The van der Waals surface area contributed by atoms with Crippen molar-refractivity contribution in [1.29, 1.82) is 5.26 Å². The highest BCUT2D eigenvalue weighted by Gasteiger charge is 2.33. The lowest BCUT2D eigenvalue weighted by atomic mass is 9.88. The number of hydrogen-bond donors (Lipinski definition) is 0. The Hall–Kier alpha value is -3.74. The Morgan fingerprint density at radius 1 is 1.11 bits per heavy atom. The molecular weight excluding hydrogens is 495 g/mol. The molecule has 0 N–H and O–H groups in total. The first kappa shape index (κ1) is 25.9. The predicted molar refractivity (Wildman–Crippen MR) is 139 cm³/mol. The van der Waals surface area contributed by atoms with Gasteiger partial charge in [-0.25, -0.2) is 9.37 Å². The zero-order valence-corrected chi connectivity index (χ0v) is 21.4. The first-order valence-corrected chi connectivity index (χ1v) is 12.9. The molecule has 1 aromatic carbocycles. The van der Waals surface area contributed by atoms with Crippen LogP contribution in [0, 0.1) is 23.1 Å². The van der Waals surface area contributed by atoms with Crippen LogP contribution < -0.4 is 20.1 Å². The monoisotopic (exact) mass is 525 g/mol. The second kappa shape index (κ2) is 10.6. The van der Waals surface area contributed by atoms with Gasteiger partial charge in [-0.3, -0.25) is 4.79 Å². The molecule has 0 aliphatic heterocycles. The van der Waals surface area contributed by atoms with Gasteiger partial charge in [0, 0.05) is 50.5 Å². The Morgan fingerprint density at radius 2 is 1.82 bits per heavy atom. The lowest BCUT2D eigenvalue weighted by Gasteiger charge is -2.41. The minimum atomic E-state index is -3.09. The van der Waals surface area contributed by atoms with Crippen LogP contribution in [0.25, 0.3) is 11.0 Å². The van der Waals surface area contributed by atoms with E-state index in [1.807, 2.05) is 7.05 Å². The van der Waals surface area contributed by atoms with Crippen molar-refractivity contribution in [3.05, 3.63) is 58.3 Å². The van der Waals surface area contributed by atoms with Gasteiger partial charge in [-0.1, -0.05) is 0 Å². The molecule has 2 aliphatic rings. The Morgan fingerprint density at radius 3 is 2.47 bits per heavy atom. The number of aromatic nitrogens is 2. The molecule has 2 aliphatic carbocycles. The third-order valence-corrected chi connectivity index (χ3v) is 7.83. The zero-order valence-electron chi connectivity index (χ0n) is 21.4. The van der Waals surface area contributed by atoms with E-state index in [4.69, 9.17) is 0 Å². The van der Waals surface area contributed by atoms with E-state index < -0.39 is 18.2 Å². The number of rotatable bonds is 8. The molecule has 2 aromatic heterocycles. The molecule has 0 bridgehead atoms. The van der Waals surface area contributed by atoms with Crippen LogP contribution in [0.2, 0.25) is 0 Å². The number of pyridine rings is 2. The number of halogens is 3. The van der Waals surface area contributed by atoms with Gasteiger partial charge in [0.25, 0.3) is 5.56 Å². The van der Waals surface area contributed by atoms with Gasteiger partial charge in [0.15, 0.2) is 11.6 Å². The van der Waals surface area contributed by atoms with Crippen LogP contribution in [0.4, 0.5) is 24.5 Å². The number of ether oxygens (including phenoxy) is 1. The maximum atomic E-state index is 14.1. The number of nitriles is 1. The quantitative estimate of drug-likeness (QED) is 0.402. The summed E-state index contributed by atoms with van der Waals surface area (Å²) in [5.74, 6) is -0.694. The average molecular weight is 526 g/mol. The van der Waals surface area contributed by atoms with Crippen LogP contribution in [-0.4, -0.2) is 41.8 Å². The van der Waals surface area contributed by atoms with Gasteiger partial charge in [-0.2, -0.15) is 14.0 Å². The van der Waals surface area contributed by atoms with Gasteiger partial charge < -0.3 is 19.1 Å². The van der Waals surface area contributed by atoms with Gasteiger partial charge in [0.05, 0.1) is 11.2 Å². The molecule has 2 heterocycles. The van der Waals surface area contributed by atoms with E-state index in [2.05, 4.69) is 25.6 Å². The molecule has 0 atom stereocenters. The summed E-state index contributed by atoms with van der Waals surface area (Å²) in [5, 5.41) is 9.35. The van der Waals surface area contributed by atoms with Gasteiger partial charge in [0.2, 0.25) is 0 Å². The van der Waals surface area contributed by atoms with Crippen molar-refractivity contribution in [2.75, 3.05) is 23.4 Å². The average Bonchev–Trinajstić information content (AvgIpc) is 3.74. The van der Waals surface area contributed by atoms with E-state index in [0.29, 0.717) is 34.0 Å². The van der Waals surface area contributed by atoms with Crippen LogP contribution in [0.15, 0.2) is 41.2 Å². The minimum absolute atomic E-state index is 0.145. The van der Waals surface area contributed by atoms with Gasteiger partial charge in [-0.05, 0) is 68.7 Å². The highest BCUT2D eigenvalue weighted by atomic mass is 19.3. The second-order valence-electron chi connectivity index (χ2n) is 10.3. The van der Waals surface area contributed by atoms with Crippen molar-refractivity contribution in [3.8, 4) is 11.8 Å². The maximum absolute atomic E-state index is 14.1. The lowest BCUT2D eigenvalue weighted by molar-refractivity contribution is -0.0521. The Kier molecular flexibility index (Phi) is 7.19. The molecular formula is C28H30F3N5O2. The number of benzene rings is 1. The predicted octanol–water partition coefficient (Wildman–Crippen LogP) is 5.21. The molecule has 0 amide bonds. The van der Waals surface area contributed by atoms with Crippen molar-refractivity contribution in [1.82, 2.24) is 9.55 Å². The molecule has 0 unspecified atom stereocenters. The summed E-state index contributed by atoms with van der Waals surface area (Å²) in [4.78, 5) is 21.5. The number of hydrogen-bond acceptors (Lipinski definition) is 6. The Balaban J connectivity index is 1.36. The van der Waals surface area contributed by atoms with Crippen LogP contribution in [0.3, 0.4) is 0 Å². The molecule has 10 heteroatoms. The molecule has 2 saturated carbocycles. The van der Waals surface area contributed by atoms with E-state index in [1.54, 1.807) is 31.3 Å². The van der Waals surface area contributed by atoms with Crippen LogP contribution in [-0.2, 0) is 7.05 Å².